The lowest BCUT2D eigenvalue weighted by molar-refractivity contribution is -0.134. The molecule has 128 valence electrons. The number of aryl methyl sites for hydroxylation is 1. The summed E-state index contributed by atoms with van der Waals surface area (Å²) in [6, 6.07) is 3.69. The van der Waals surface area contributed by atoms with Gasteiger partial charge >= 0.3 is 0 Å². The number of anilines is 1. The number of hydrogen-bond donors (Lipinski definition) is 2. The number of rotatable bonds is 7. The summed E-state index contributed by atoms with van der Waals surface area (Å²) in [5.41, 5.74) is -0.211. The van der Waals surface area contributed by atoms with Crippen LogP contribution in [0.1, 0.15) is 53.0 Å². The van der Waals surface area contributed by atoms with Crippen molar-refractivity contribution in [1.29, 1.82) is 0 Å². The molecular formula is C18H29N3O2. The Kier molecular flexibility index (Phi) is 6.30. The average molecular weight is 319 g/mol. The number of nitrogens with zero attached hydrogens (tertiary/aromatic N) is 1. The molecule has 1 rings (SSSR count). The summed E-state index contributed by atoms with van der Waals surface area (Å²) in [6.45, 7) is 12.1. The average Bonchev–Trinajstić information content (AvgIpc) is 2.49. The van der Waals surface area contributed by atoms with E-state index in [2.05, 4.69) is 15.6 Å². The summed E-state index contributed by atoms with van der Waals surface area (Å²) < 4.78 is 0. The summed E-state index contributed by atoms with van der Waals surface area (Å²) in [4.78, 5) is 29.1. The molecule has 0 fully saturated rings. The number of hydrogen-bond acceptors (Lipinski definition) is 3. The van der Waals surface area contributed by atoms with Gasteiger partial charge in [0, 0.05) is 23.6 Å². The predicted octanol–water partition coefficient (Wildman–Crippen LogP) is 3.30. The summed E-state index contributed by atoms with van der Waals surface area (Å²) in [5.74, 6) is 0.402. The molecule has 0 aromatic carbocycles. The van der Waals surface area contributed by atoms with Crippen molar-refractivity contribution < 1.29 is 9.59 Å². The molecule has 0 aliphatic rings. The fourth-order valence-electron chi connectivity index (χ4n) is 2.62. The zero-order valence-corrected chi connectivity index (χ0v) is 15.1. The van der Waals surface area contributed by atoms with E-state index in [1.807, 2.05) is 47.6 Å². The van der Waals surface area contributed by atoms with Crippen LogP contribution in [0.2, 0.25) is 0 Å². The Balaban J connectivity index is 2.85. The number of amides is 2. The molecule has 23 heavy (non-hydrogen) atoms. The maximum atomic E-state index is 12.6. The Hall–Kier alpha value is -1.91. The lowest BCUT2D eigenvalue weighted by atomic mass is 9.71. The molecule has 0 aliphatic carbocycles. The van der Waals surface area contributed by atoms with Crippen LogP contribution in [-0.4, -0.2) is 23.3 Å². The van der Waals surface area contributed by atoms with Gasteiger partial charge in [0.05, 0.1) is 0 Å². The minimum Gasteiger partial charge on any atom is -0.356 e. The first-order valence-corrected chi connectivity index (χ1v) is 8.17. The summed E-state index contributed by atoms with van der Waals surface area (Å²) in [6.07, 6.45) is 2.87. The van der Waals surface area contributed by atoms with Crippen LogP contribution < -0.4 is 10.6 Å². The second-order valence-corrected chi connectivity index (χ2v) is 7.01. The molecule has 0 saturated heterocycles. The number of carbonyl (C=O) groups excluding carboxylic acids is 2. The Bertz CT molecular complexity index is 552. The molecule has 1 heterocycles. The molecule has 1 aromatic rings. The Morgan fingerprint density at radius 1 is 1.13 bits per heavy atom. The second-order valence-electron chi connectivity index (χ2n) is 7.01. The fraction of sp³-hybridized carbons (Fsp3) is 0.611. The molecule has 0 radical (unpaired) electrons. The van der Waals surface area contributed by atoms with Crippen LogP contribution in [-0.2, 0) is 9.59 Å². The standard InChI is InChI=1S/C18H29N3O2/c1-7-18(6,16(23)19-8-2)12-17(4,5)15(22)21-14-10-9-13(3)11-20-14/h9-11H,7-8,12H2,1-6H3,(H,19,23)(H,20,21,22). The maximum absolute atomic E-state index is 12.6. The van der Waals surface area contributed by atoms with Crippen LogP contribution in [0.3, 0.4) is 0 Å². The topological polar surface area (TPSA) is 71.1 Å². The molecule has 0 saturated carbocycles. The minimum absolute atomic E-state index is 0.00293. The number of aromatic nitrogens is 1. The highest BCUT2D eigenvalue weighted by Gasteiger charge is 2.40. The van der Waals surface area contributed by atoms with E-state index in [1.54, 1.807) is 12.3 Å². The largest absolute Gasteiger partial charge is 0.356 e. The van der Waals surface area contributed by atoms with Gasteiger partial charge in [-0.15, -0.1) is 0 Å². The highest BCUT2D eigenvalue weighted by molar-refractivity contribution is 5.94. The van der Waals surface area contributed by atoms with E-state index < -0.39 is 10.8 Å². The molecule has 5 nitrogen and oxygen atoms in total. The summed E-state index contributed by atoms with van der Waals surface area (Å²) in [7, 11) is 0. The normalized spacial score (nSPS) is 14.0. The van der Waals surface area contributed by atoms with Crippen molar-refractivity contribution in [2.75, 3.05) is 11.9 Å². The molecule has 2 N–H and O–H groups in total. The highest BCUT2D eigenvalue weighted by Crippen LogP contribution is 2.37. The second kappa shape index (κ2) is 7.57. The summed E-state index contributed by atoms with van der Waals surface area (Å²) >= 11 is 0. The van der Waals surface area contributed by atoms with Gasteiger partial charge in [0.25, 0.3) is 0 Å². The van der Waals surface area contributed by atoms with Gasteiger partial charge in [-0.05, 0) is 38.3 Å². The molecule has 1 atom stereocenters. The lowest BCUT2D eigenvalue weighted by Crippen LogP contribution is -2.44. The van der Waals surface area contributed by atoms with Crippen LogP contribution in [0.25, 0.3) is 0 Å². The molecule has 1 aromatic heterocycles. The van der Waals surface area contributed by atoms with E-state index in [-0.39, 0.29) is 11.8 Å². The zero-order chi connectivity index (χ0) is 17.7. The summed E-state index contributed by atoms with van der Waals surface area (Å²) in [5, 5.41) is 5.72. The zero-order valence-electron chi connectivity index (χ0n) is 15.1. The van der Waals surface area contributed by atoms with Crippen molar-refractivity contribution in [3.05, 3.63) is 23.9 Å². The first-order chi connectivity index (χ1) is 10.6. The van der Waals surface area contributed by atoms with Gasteiger partial charge in [0.2, 0.25) is 11.8 Å². The molecule has 0 bridgehead atoms. The Morgan fingerprint density at radius 3 is 2.26 bits per heavy atom. The smallest absolute Gasteiger partial charge is 0.231 e. The van der Waals surface area contributed by atoms with E-state index in [1.165, 1.54) is 0 Å². The van der Waals surface area contributed by atoms with Crippen molar-refractivity contribution in [2.24, 2.45) is 10.8 Å². The third kappa shape index (κ3) is 5.05. The molecule has 5 heteroatoms. The number of nitrogens with one attached hydrogen (secondary N) is 2. The van der Waals surface area contributed by atoms with E-state index >= 15 is 0 Å². The third-order valence-corrected chi connectivity index (χ3v) is 4.27. The molecule has 2 amide bonds. The van der Waals surface area contributed by atoms with Crippen LogP contribution in [0.4, 0.5) is 5.82 Å². The van der Waals surface area contributed by atoms with Gasteiger partial charge in [0.1, 0.15) is 5.82 Å². The van der Waals surface area contributed by atoms with Crippen molar-refractivity contribution in [2.45, 2.75) is 54.4 Å². The van der Waals surface area contributed by atoms with Gasteiger partial charge in [-0.3, -0.25) is 9.59 Å². The van der Waals surface area contributed by atoms with Gasteiger partial charge < -0.3 is 10.6 Å². The van der Waals surface area contributed by atoms with Crippen molar-refractivity contribution in [1.82, 2.24) is 10.3 Å². The Labute approximate surface area is 139 Å². The third-order valence-electron chi connectivity index (χ3n) is 4.27. The van der Waals surface area contributed by atoms with Crippen LogP contribution >= 0.6 is 0 Å². The van der Waals surface area contributed by atoms with E-state index in [4.69, 9.17) is 0 Å². The quantitative estimate of drug-likeness (QED) is 0.810. The van der Waals surface area contributed by atoms with Crippen molar-refractivity contribution >= 4 is 17.6 Å². The lowest BCUT2D eigenvalue weighted by Gasteiger charge is -2.34. The first-order valence-electron chi connectivity index (χ1n) is 8.17. The van der Waals surface area contributed by atoms with Crippen LogP contribution in [0.15, 0.2) is 18.3 Å². The minimum atomic E-state index is -0.678. The van der Waals surface area contributed by atoms with E-state index in [0.29, 0.717) is 25.2 Å². The molecular weight excluding hydrogens is 290 g/mol. The van der Waals surface area contributed by atoms with E-state index in [0.717, 1.165) is 5.56 Å². The van der Waals surface area contributed by atoms with Crippen molar-refractivity contribution in [3.8, 4) is 0 Å². The Morgan fingerprint density at radius 2 is 1.78 bits per heavy atom. The molecule has 1 unspecified atom stereocenters. The van der Waals surface area contributed by atoms with Gasteiger partial charge in [-0.2, -0.15) is 0 Å². The SMILES string of the molecule is CCNC(=O)C(C)(CC)CC(C)(C)C(=O)Nc1ccc(C)cn1. The number of pyridine rings is 1. The highest BCUT2D eigenvalue weighted by atomic mass is 16.2. The van der Waals surface area contributed by atoms with Gasteiger partial charge in [-0.25, -0.2) is 4.98 Å². The molecule has 0 spiro atoms. The maximum Gasteiger partial charge on any atom is 0.231 e. The fourth-order valence-corrected chi connectivity index (χ4v) is 2.62. The number of carbonyl (C=O) groups is 2. The van der Waals surface area contributed by atoms with Gasteiger partial charge in [0.15, 0.2) is 0 Å². The first kappa shape index (κ1) is 19.1. The van der Waals surface area contributed by atoms with Gasteiger partial charge in [-0.1, -0.05) is 33.8 Å². The predicted molar refractivity (Wildman–Crippen MR) is 93.1 cm³/mol. The van der Waals surface area contributed by atoms with Crippen molar-refractivity contribution in [3.63, 3.8) is 0 Å². The van der Waals surface area contributed by atoms with Crippen LogP contribution in [0.5, 0.6) is 0 Å². The monoisotopic (exact) mass is 319 g/mol. The van der Waals surface area contributed by atoms with Crippen LogP contribution in [0, 0.1) is 17.8 Å². The van der Waals surface area contributed by atoms with E-state index in [9.17, 15) is 9.59 Å². The molecule has 0 aliphatic heterocycles.